The molecule has 10 heavy (non-hydrogen) atoms. The Labute approximate surface area is 74.2 Å². The number of nitrogens with zero attached hydrogens (tertiary/aromatic N) is 2. The molecule has 0 aliphatic carbocycles. The molecular weight excluding hydrogens is 192 g/mol. The quantitative estimate of drug-likeness (QED) is 0.385. The van der Waals surface area contributed by atoms with Crippen molar-refractivity contribution in [2.75, 3.05) is 47.3 Å². The molecular formula is C7H17BrN2. The van der Waals surface area contributed by atoms with Crippen molar-refractivity contribution in [2.45, 2.75) is 0 Å². The summed E-state index contributed by atoms with van der Waals surface area (Å²) in [4.78, 5) is 2.39. The smallest absolute Gasteiger partial charge is 0.0912 e. The van der Waals surface area contributed by atoms with Crippen molar-refractivity contribution >= 4 is 0 Å². The molecule has 0 N–H and O–H groups in total. The lowest BCUT2D eigenvalue weighted by Gasteiger charge is -2.37. The third kappa shape index (κ3) is 2.99. The lowest BCUT2D eigenvalue weighted by atomic mass is 10.3. The molecule has 1 aliphatic rings. The van der Waals surface area contributed by atoms with Gasteiger partial charge in [0.2, 0.25) is 0 Å². The number of quaternary nitrogens is 1. The first-order valence-corrected chi connectivity index (χ1v) is 3.61. The Morgan fingerprint density at radius 3 is 1.80 bits per heavy atom. The Hall–Kier alpha value is 0.400. The molecule has 3 heteroatoms. The molecule has 0 radical (unpaired) electrons. The van der Waals surface area contributed by atoms with Gasteiger partial charge in [-0.1, -0.05) is 0 Å². The molecule has 1 aliphatic heterocycles. The minimum absolute atomic E-state index is 0. The van der Waals surface area contributed by atoms with Gasteiger partial charge in [-0.2, -0.15) is 0 Å². The van der Waals surface area contributed by atoms with E-state index in [4.69, 9.17) is 0 Å². The van der Waals surface area contributed by atoms with E-state index >= 15 is 0 Å². The lowest BCUT2D eigenvalue weighted by molar-refractivity contribution is -0.894. The van der Waals surface area contributed by atoms with Crippen LogP contribution in [-0.4, -0.2) is 56.7 Å². The highest BCUT2D eigenvalue weighted by Gasteiger charge is 2.21. The van der Waals surface area contributed by atoms with Crippen molar-refractivity contribution in [2.24, 2.45) is 0 Å². The molecule has 2 nitrogen and oxygen atoms in total. The summed E-state index contributed by atoms with van der Waals surface area (Å²) in [5, 5.41) is 0. The van der Waals surface area contributed by atoms with Gasteiger partial charge in [0.15, 0.2) is 0 Å². The first-order valence-electron chi connectivity index (χ1n) is 3.61. The van der Waals surface area contributed by atoms with Crippen LogP contribution in [0.1, 0.15) is 0 Å². The van der Waals surface area contributed by atoms with Crippen LogP contribution in [0.4, 0.5) is 0 Å². The van der Waals surface area contributed by atoms with Crippen molar-refractivity contribution in [3.05, 3.63) is 0 Å². The zero-order valence-corrected chi connectivity index (χ0v) is 8.69. The average Bonchev–Trinajstić information content (AvgIpc) is 1.78. The number of hydrogen-bond donors (Lipinski definition) is 0. The molecule has 0 aromatic rings. The number of halogens is 1. The monoisotopic (exact) mass is 208 g/mol. The molecule has 0 atom stereocenters. The fraction of sp³-hybridized carbons (Fsp3) is 1.00. The highest BCUT2D eigenvalue weighted by atomic mass is 79.9. The zero-order valence-electron chi connectivity index (χ0n) is 7.10. The maximum atomic E-state index is 2.39. The molecule has 1 rings (SSSR count). The fourth-order valence-corrected chi connectivity index (χ4v) is 1.11. The van der Waals surface area contributed by atoms with E-state index in [2.05, 4.69) is 26.0 Å². The van der Waals surface area contributed by atoms with Gasteiger partial charge in [-0.15, -0.1) is 0 Å². The molecule has 0 bridgehead atoms. The molecule has 1 heterocycles. The van der Waals surface area contributed by atoms with Crippen LogP contribution < -0.4 is 17.0 Å². The van der Waals surface area contributed by atoms with Gasteiger partial charge < -0.3 is 21.5 Å². The van der Waals surface area contributed by atoms with Crippen molar-refractivity contribution in [1.82, 2.24) is 4.90 Å². The maximum absolute atomic E-state index is 2.39. The number of rotatable bonds is 0. The predicted molar refractivity (Wildman–Crippen MR) is 39.3 cm³/mol. The van der Waals surface area contributed by atoms with Gasteiger partial charge in [-0.25, -0.2) is 0 Å². The molecule has 0 aromatic heterocycles. The van der Waals surface area contributed by atoms with Gasteiger partial charge in [-0.05, 0) is 7.05 Å². The SMILES string of the molecule is CN1CC[N+](C)(C)CC1.[Br-]. The van der Waals surface area contributed by atoms with E-state index in [0.29, 0.717) is 0 Å². The summed E-state index contributed by atoms with van der Waals surface area (Å²) in [6, 6.07) is 0. The van der Waals surface area contributed by atoms with Crippen LogP contribution in [0.3, 0.4) is 0 Å². The van der Waals surface area contributed by atoms with Crippen LogP contribution in [0, 0.1) is 0 Å². The first-order chi connectivity index (χ1) is 4.10. The number of piperazine rings is 1. The van der Waals surface area contributed by atoms with Crippen molar-refractivity contribution in [3.63, 3.8) is 0 Å². The normalized spacial score (nSPS) is 25.5. The van der Waals surface area contributed by atoms with E-state index in [9.17, 15) is 0 Å². The van der Waals surface area contributed by atoms with Crippen LogP contribution in [0.5, 0.6) is 0 Å². The van der Waals surface area contributed by atoms with E-state index in [1.165, 1.54) is 30.7 Å². The molecule has 0 amide bonds. The number of likely N-dealkylation sites (N-methyl/N-ethyl adjacent to an activating group) is 2. The van der Waals surface area contributed by atoms with Crippen molar-refractivity contribution < 1.29 is 21.5 Å². The molecule has 62 valence electrons. The summed E-state index contributed by atoms with van der Waals surface area (Å²) in [6.45, 7) is 5.12. The molecule has 1 fully saturated rings. The zero-order chi connectivity index (χ0) is 6.91. The van der Waals surface area contributed by atoms with E-state index in [1.807, 2.05) is 0 Å². The molecule has 0 spiro atoms. The van der Waals surface area contributed by atoms with E-state index in [-0.39, 0.29) is 17.0 Å². The summed E-state index contributed by atoms with van der Waals surface area (Å²) in [5.74, 6) is 0. The fourth-order valence-electron chi connectivity index (χ4n) is 1.11. The highest BCUT2D eigenvalue weighted by molar-refractivity contribution is 4.55. The largest absolute Gasteiger partial charge is 1.00 e. The molecule has 0 unspecified atom stereocenters. The first kappa shape index (κ1) is 10.4. The van der Waals surface area contributed by atoms with Gasteiger partial charge >= 0.3 is 0 Å². The van der Waals surface area contributed by atoms with Crippen LogP contribution in [0.25, 0.3) is 0 Å². The van der Waals surface area contributed by atoms with Crippen molar-refractivity contribution in [1.29, 1.82) is 0 Å². The van der Waals surface area contributed by atoms with Crippen LogP contribution >= 0.6 is 0 Å². The standard InChI is InChI=1S/C7H17N2.BrH/c1-8-4-6-9(2,3)7-5-8;/h4-7H2,1-3H3;1H/q+1;/p-1. The summed E-state index contributed by atoms with van der Waals surface area (Å²) in [5.41, 5.74) is 0. The Bertz CT molecular complexity index is 93.8. The van der Waals surface area contributed by atoms with Gasteiger partial charge in [0.05, 0.1) is 27.2 Å². The molecule has 0 saturated carbocycles. The highest BCUT2D eigenvalue weighted by Crippen LogP contribution is 2.03. The maximum Gasteiger partial charge on any atom is 0.0912 e. The third-order valence-corrected chi connectivity index (χ3v) is 2.17. The topological polar surface area (TPSA) is 3.24 Å². The van der Waals surface area contributed by atoms with Gasteiger partial charge in [0, 0.05) is 13.1 Å². The minimum Gasteiger partial charge on any atom is -1.00 e. The summed E-state index contributed by atoms with van der Waals surface area (Å²) in [7, 11) is 6.79. The van der Waals surface area contributed by atoms with Gasteiger partial charge in [-0.3, -0.25) is 4.90 Å². The summed E-state index contributed by atoms with van der Waals surface area (Å²) in [6.07, 6.45) is 0. The van der Waals surface area contributed by atoms with E-state index in [1.54, 1.807) is 0 Å². The minimum atomic E-state index is 0. The summed E-state index contributed by atoms with van der Waals surface area (Å²) < 4.78 is 1.20. The van der Waals surface area contributed by atoms with Gasteiger partial charge in [0.1, 0.15) is 0 Å². The Morgan fingerprint density at radius 1 is 1.10 bits per heavy atom. The second-order valence-electron chi connectivity index (χ2n) is 3.69. The Morgan fingerprint density at radius 2 is 1.50 bits per heavy atom. The Balaban J connectivity index is 0.000000810. The second-order valence-corrected chi connectivity index (χ2v) is 3.69. The number of hydrogen-bond acceptors (Lipinski definition) is 1. The van der Waals surface area contributed by atoms with Crippen LogP contribution in [0.2, 0.25) is 0 Å². The van der Waals surface area contributed by atoms with Gasteiger partial charge in [0.25, 0.3) is 0 Å². The van der Waals surface area contributed by atoms with Crippen molar-refractivity contribution in [3.8, 4) is 0 Å². The molecule has 0 aromatic carbocycles. The third-order valence-electron chi connectivity index (χ3n) is 2.17. The molecule has 1 saturated heterocycles. The second kappa shape index (κ2) is 3.69. The lowest BCUT2D eigenvalue weighted by Crippen LogP contribution is -3.00. The van der Waals surface area contributed by atoms with Crippen LogP contribution in [-0.2, 0) is 0 Å². The average molecular weight is 209 g/mol. The predicted octanol–water partition coefficient (Wildman–Crippen LogP) is -2.99. The van der Waals surface area contributed by atoms with E-state index < -0.39 is 0 Å². The summed E-state index contributed by atoms with van der Waals surface area (Å²) >= 11 is 0. The Kier molecular flexibility index (Phi) is 3.84. The van der Waals surface area contributed by atoms with Crippen LogP contribution in [0.15, 0.2) is 0 Å². The van der Waals surface area contributed by atoms with E-state index in [0.717, 1.165) is 0 Å².